The monoisotopic (exact) mass is 262 g/mol. The molecule has 5 heteroatoms. The molecule has 1 heterocycles. The molecule has 2 rings (SSSR count). The summed E-state index contributed by atoms with van der Waals surface area (Å²) in [6, 6.07) is 11.3. The van der Waals surface area contributed by atoms with Crippen molar-refractivity contribution in [3.63, 3.8) is 0 Å². The van der Waals surface area contributed by atoms with Crippen LogP contribution in [0.15, 0.2) is 40.9 Å². The van der Waals surface area contributed by atoms with E-state index in [-0.39, 0.29) is 6.61 Å². The normalized spacial score (nSPS) is 12.3. The number of para-hydroxylation sites is 1. The standard InChI is InChI=1S/C14H18N2O3/c1-11-7-12(16-19-11)8-15-9-13(17)10-18-14-5-3-2-4-6-14/h2-7,13,15,17H,8-10H2,1H3. The fourth-order valence-corrected chi connectivity index (χ4v) is 1.64. The molecule has 102 valence electrons. The van der Waals surface area contributed by atoms with Gasteiger partial charge < -0.3 is 19.7 Å². The molecule has 19 heavy (non-hydrogen) atoms. The molecule has 0 aliphatic rings. The van der Waals surface area contributed by atoms with Gasteiger partial charge in [0.15, 0.2) is 0 Å². The van der Waals surface area contributed by atoms with E-state index in [1.165, 1.54) is 0 Å². The van der Waals surface area contributed by atoms with E-state index in [0.717, 1.165) is 17.2 Å². The number of ether oxygens (including phenoxy) is 1. The second-order valence-corrected chi connectivity index (χ2v) is 4.34. The summed E-state index contributed by atoms with van der Waals surface area (Å²) in [6.07, 6.45) is -0.562. The highest BCUT2D eigenvalue weighted by molar-refractivity contribution is 5.20. The van der Waals surface area contributed by atoms with Gasteiger partial charge in [-0.05, 0) is 19.1 Å². The van der Waals surface area contributed by atoms with E-state index in [4.69, 9.17) is 9.26 Å². The molecule has 0 aliphatic heterocycles. The van der Waals surface area contributed by atoms with Gasteiger partial charge in [0.25, 0.3) is 0 Å². The Hall–Kier alpha value is -1.85. The molecular weight excluding hydrogens is 244 g/mol. The van der Waals surface area contributed by atoms with Crippen molar-refractivity contribution in [3.05, 3.63) is 47.9 Å². The van der Waals surface area contributed by atoms with Crippen LogP contribution in [0, 0.1) is 6.92 Å². The minimum Gasteiger partial charge on any atom is -0.491 e. The predicted molar refractivity (Wildman–Crippen MR) is 70.9 cm³/mol. The Morgan fingerprint density at radius 3 is 2.84 bits per heavy atom. The van der Waals surface area contributed by atoms with E-state index in [0.29, 0.717) is 13.1 Å². The van der Waals surface area contributed by atoms with Gasteiger partial charge in [-0.25, -0.2) is 0 Å². The zero-order valence-electron chi connectivity index (χ0n) is 10.9. The predicted octanol–water partition coefficient (Wildman–Crippen LogP) is 1.51. The minimum absolute atomic E-state index is 0.259. The Bertz CT molecular complexity index is 484. The molecule has 0 fully saturated rings. The van der Waals surface area contributed by atoms with E-state index >= 15 is 0 Å². The molecule has 1 atom stereocenters. The highest BCUT2D eigenvalue weighted by Crippen LogP contribution is 2.08. The van der Waals surface area contributed by atoms with Crippen molar-refractivity contribution in [1.82, 2.24) is 10.5 Å². The van der Waals surface area contributed by atoms with Crippen molar-refractivity contribution in [2.75, 3.05) is 13.2 Å². The summed E-state index contributed by atoms with van der Waals surface area (Å²) in [5, 5.41) is 16.7. The second-order valence-electron chi connectivity index (χ2n) is 4.34. The zero-order valence-corrected chi connectivity index (χ0v) is 10.9. The third-order valence-electron chi connectivity index (χ3n) is 2.55. The lowest BCUT2D eigenvalue weighted by Gasteiger charge is -2.12. The van der Waals surface area contributed by atoms with Gasteiger partial charge in [-0.2, -0.15) is 0 Å². The van der Waals surface area contributed by atoms with Gasteiger partial charge in [-0.15, -0.1) is 0 Å². The van der Waals surface area contributed by atoms with Gasteiger partial charge >= 0.3 is 0 Å². The molecule has 0 saturated carbocycles. The number of nitrogens with one attached hydrogen (secondary N) is 1. The Balaban J connectivity index is 1.63. The van der Waals surface area contributed by atoms with E-state index in [9.17, 15) is 5.11 Å². The second kappa shape index (κ2) is 6.92. The number of aliphatic hydroxyl groups excluding tert-OH is 1. The van der Waals surface area contributed by atoms with Crippen molar-refractivity contribution in [3.8, 4) is 5.75 Å². The van der Waals surface area contributed by atoms with Gasteiger partial charge in [0.1, 0.15) is 24.2 Å². The summed E-state index contributed by atoms with van der Waals surface area (Å²) < 4.78 is 10.4. The summed E-state index contributed by atoms with van der Waals surface area (Å²) in [5.41, 5.74) is 0.827. The lowest BCUT2D eigenvalue weighted by Crippen LogP contribution is -2.31. The van der Waals surface area contributed by atoms with Crippen LogP contribution in [0.2, 0.25) is 0 Å². The summed E-state index contributed by atoms with van der Waals surface area (Å²) in [5.74, 6) is 1.54. The minimum atomic E-state index is -0.562. The van der Waals surface area contributed by atoms with Crippen molar-refractivity contribution < 1.29 is 14.4 Å². The van der Waals surface area contributed by atoms with Crippen LogP contribution in [-0.2, 0) is 6.54 Å². The van der Waals surface area contributed by atoms with Crippen molar-refractivity contribution in [2.24, 2.45) is 0 Å². The topological polar surface area (TPSA) is 67.5 Å². The first-order chi connectivity index (χ1) is 9.24. The number of aromatic nitrogens is 1. The number of benzene rings is 1. The molecule has 2 aromatic rings. The molecule has 0 bridgehead atoms. The van der Waals surface area contributed by atoms with Gasteiger partial charge in [0, 0.05) is 19.2 Å². The van der Waals surface area contributed by atoms with E-state index in [1.54, 1.807) is 0 Å². The average molecular weight is 262 g/mol. The number of hydrogen-bond donors (Lipinski definition) is 2. The van der Waals surface area contributed by atoms with Crippen molar-refractivity contribution >= 4 is 0 Å². The van der Waals surface area contributed by atoms with Gasteiger partial charge in [0.05, 0.1) is 5.69 Å². The van der Waals surface area contributed by atoms with Gasteiger partial charge in [-0.3, -0.25) is 0 Å². The number of aliphatic hydroxyl groups is 1. The number of rotatable bonds is 7. The summed E-state index contributed by atoms with van der Waals surface area (Å²) in [4.78, 5) is 0. The molecular formula is C14H18N2O3. The fourth-order valence-electron chi connectivity index (χ4n) is 1.64. The zero-order chi connectivity index (χ0) is 13.5. The quantitative estimate of drug-likeness (QED) is 0.791. The maximum Gasteiger partial charge on any atom is 0.133 e. The van der Waals surface area contributed by atoms with Gasteiger partial charge in [-0.1, -0.05) is 23.4 Å². The van der Waals surface area contributed by atoms with Gasteiger partial charge in [0.2, 0.25) is 0 Å². The van der Waals surface area contributed by atoms with Crippen molar-refractivity contribution in [2.45, 2.75) is 19.6 Å². The third kappa shape index (κ3) is 4.73. The Morgan fingerprint density at radius 1 is 1.37 bits per heavy atom. The van der Waals surface area contributed by atoms with Crippen LogP contribution in [0.25, 0.3) is 0 Å². The molecule has 1 aromatic heterocycles. The lowest BCUT2D eigenvalue weighted by molar-refractivity contribution is 0.106. The first-order valence-corrected chi connectivity index (χ1v) is 6.23. The summed E-state index contributed by atoms with van der Waals surface area (Å²) >= 11 is 0. The molecule has 5 nitrogen and oxygen atoms in total. The fraction of sp³-hybridized carbons (Fsp3) is 0.357. The molecule has 1 aromatic carbocycles. The van der Waals surface area contributed by atoms with Crippen LogP contribution in [0.3, 0.4) is 0 Å². The van der Waals surface area contributed by atoms with Crippen LogP contribution in [-0.4, -0.2) is 29.5 Å². The lowest BCUT2D eigenvalue weighted by atomic mass is 10.3. The van der Waals surface area contributed by atoms with E-state index in [1.807, 2.05) is 43.3 Å². The summed E-state index contributed by atoms with van der Waals surface area (Å²) in [6.45, 7) is 3.12. The number of nitrogens with zero attached hydrogens (tertiary/aromatic N) is 1. The SMILES string of the molecule is Cc1cc(CNCC(O)COc2ccccc2)no1. The molecule has 1 unspecified atom stereocenters. The highest BCUT2D eigenvalue weighted by Gasteiger charge is 2.06. The maximum atomic E-state index is 9.76. The van der Waals surface area contributed by atoms with E-state index in [2.05, 4.69) is 10.5 Å². The smallest absolute Gasteiger partial charge is 0.133 e. The van der Waals surface area contributed by atoms with Crippen molar-refractivity contribution in [1.29, 1.82) is 0 Å². The Morgan fingerprint density at radius 2 is 2.16 bits per heavy atom. The largest absolute Gasteiger partial charge is 0.491 e. The highest BCUT2D eigenvalue weighted by atomic mass is 16.5. The van der Waals surface area contributed by atoms with Crippen LogP contribution in [0.1, 0.15) is 11.5 Å². The molecule has 0 amide bonds. The van der Waals surface area contributed by atoms with Crippen LogP contribution in [0.4, 0.5) is 0 Å². The Labute approximate surface area is 112 Å². The molecule has 0 aliphatic carbocycles. The van der Waals surface area contributed by atoms with Crippen LogP contribution >= 0.6 is 0 Å². The first kappa shape index (κ1) is 13.6. The molecule has 0 saturated heterocycles. The Kier molecular flexibility index (Phi) is 4.94. The molecule has 0 radical (unpaired) electrons. The van der Waals surface area contributed by atoms with E-state index < -0.39 is 6.10 Å². The third-order valence-corrected chi connectivity index (χ3v) is 2.55. The van der Waals surface area contributed by atoms with Crippen LogP contribution in [0.5, 0.6) is 5.75 Å². The maximum absolute atomic E-state index is 9.76. The number of hydrogen-bond acceptors (Lipinski definition) is 5. The first-order valence-electron chi connectivity index (χ1n) is 6.23. The van der Waals surface area contributed by atoms with Crippen LogP contribution < -0.4 is 10.1 Å². The molecule has 2 N–H and O–H groups in total. The average Bonchev–Trinajstić information content (AvgIpc) is 2.83. The summed E-state index contributed by atoms with van der Waals surface area (Å²) in [7, 11) is 0. The number of aryl methyl sites for hydroxylation is 1. The molecule has 0 spiro atoms.